The van der Waals surface area contributed by atoms with Crippen molar-refractivity contribution in [2.24, 2.45) is 0 Å². The van der Waals surface area contributed by atoms with Crippen LogP contribution in [0.3, 0.4) is 0 Å². The lowest BCUT2D eigenvalue weighted by Crippen LogP contribution is -1.96. The van der Waals surface area contributed by atoms with Gasteiger partial charge in [0.2, 0.25) is 0 Å². The SMILES string of the molecule is Fc1ccc(-c2ccc(-n3c4ccccc4c4cc(-c5ccc6c(c5)c5ccccc5n6-c5ccccc5)ccc43)cc2-c2ccc(F)cc2)cc1. The maximum absolute atomic E-state index is 14.0. The minimum atomic E-state index is -0.289. The number of hydrogen-bond donors (Lipinski definition) is 0. The molecule has 4 heteroatoms. The van der Waals surface area contributed by atoms with E-state index >= 15 is 0 Å². The Morgan fingerprint density at radius 1 is 0.288 bits per heavy atom. The topological polar surface area (TPSA) is 9.86 Å². The normalized spacial score (nSPS) is 11.7. The van der Waals surface area contributed by atoms with E-state index in [9.17, 15) is 8.78 Å². The quantitative estimate of drug-likeness (QED) is 0.172. The van der Waals surface area contributed by atoms with Crippen molar-refractivity contribution in [3.63, 3.8) is 0 Å². The van der Waals surface area contributed by atoms with E-state index in [4.69, 9.17) is 0 Å². The van der Waals surface area contributed by atoms with Gasteiger partial charge < -0.3 is 9.13 Å². The standard InChI is InChI=1S/C48H30F2N2/c49-35-20-14-31(15-21-35)39-25-24-38(30-42(39)32-16-22-36(50)23-17-32)52-46-13-7-5-11-41(46)44-29-34(19-27-48(44)52)33-18-26-47-43(28-33)40-10-4-6-12-45(40)51(47)37-8-2-1-3-9-37/h1-30H. The molecule has 10 rings (SSSR count). The van der Waals surface area contributed by atoms with Gasteiger partial charge in [0.25, 0.3) is 0 Å². The summed E-state index contributed by atoms with van der Waals surface area (Å²) in [4.78, 5) is 0. The first kappa shape index (κ1) is 30.1. The molecular formula is C48H30F2N2. The predicted molar refractivity (Wildman–Crippen MR) is 211 cm³/mol. The van der Waals surface area contributed by atoms with Crippen LogP contribution < -0.4 is 0 Å². The summed E-state index contributed by atoms with van der Waals surface area (Å²) in [5.74, 6) is -0.574. The summed E-state index contributed by atoms with van der Waals surface area (Å²) in [7, 11) is 0. The zero-order valence-corrected chi connectivity index (χ0v) is 28.0. The fourth-order valence-electron chi connectivity index (χ4n) is 7.86. The summed E-state index contributed by atoms with van der Waals surface area (Å²) < 4.78 is 32.6. The van der Waals surface area contributed by atoms with Crippen molar-refractivity contribution in [2.75, 3.05) is 0 Å². The molecule has 0 radical (unpaired) electrons. The Kier molecular flexibility index (Phi) is 6.90. The van der Waals surface area contributed by atoms with Crippen LogP contribution in [0.15, 0.2) is 182 Å². The molecule has 0 spiro atoms. The maximum Gasteiger partial charge on any atom is 0.123 e. The number of nitrogens with zero attached hydrogens (tertiary/aromatic N) is 2. The Bertz CT molecular complexity index is 2950. The average Bonchev–Trinajstić information content (AvgIpc) is 3.71. The van der Waals surface area contributed by atoms with E-state index in [0.29, 0.717) is 0 Å². The molecule has 0 unspecified atom stereocenters. The molecule has 0 fully saturated rings. The molecule has 0 aliphatic carbocycles. The van der Waals surface area contributed by atoms with Crippen LogP contribution in [-0.2, 0) is 0 Å². The van der Waals surface area contributed by atoms with Crippen molar-refractivity contribution < 1.29 is 8.78 Å². The number of fused-ring (bicyclic) bond motifs is 6. The molecule has 52 heavy (non-hydrogen) atoms. The third-order valence-corrected chi connectivity index (χ3v) is 10.3. The van der Waals surface area contributed by atoms with Crippen molar-refractivity contribution in [3.8, 4) is 44.8 Å². The van der Waals surface area contributed by atoms with E-state index < -0.39 is 0 Å². The second kappa shape index (κ2) is 11.9. The van der Waals surface area contributed by atoms with Crippen molar-refractivity contribution in [3.05, 3.63) is 194 Å². The van der Waals surface area contributed by atoms with E-state index in [1.807, 2.05) is 0 Å². The van der Waals surface area contributed by atoms with Crippen molar-refractivity contribution >= 4 is 43.6 Å². The van der Waals surface area contributed by atoms with E-state index in [2.05, 4.69) is 143 Å². The Morgan fingerprint density at radius 3 is 1.29 bits per heavy atom. The van der Waals surface area contributed by atoms with Crippen LogP contribution in [0.4, 0.5) is 8.78 Å². The second-order valence-corrected chi connectivity index (χ2v) is 13.2. The summed E-state index contributed by atoms with van der Waals surface area (Å²) in [5.41, 5.74) is 12.6. The van der Waals surface area contributed by atoms with E-state index in [1.165, 1.54) is 46.1 Å². The first-order chi connectivity index (χ1) is 25.6. The monoisotopic (exact) mass is 672 g/mol. The highest BCUT2D eigenvalue weighted by molar-refractivity contribution is 6.12. The van der Waals surface area contributed by atoms with Gasteiger partial charge in [0.05, 0.1) is 22.1 Å². The van der Waals surface area contributed by atoms with E-state index in [-0.39, 0.29) is 11.6 Å². The van der Waals surface area contributed by atoms with Gasteiger partial charge in [-0.05, 0) is 118 Å². The Morgan fingerprint density at radius 2 is 0.731 bits per heavy atom. The van der Waals surface area contributed by atoms with Crippen molar-refractivity contribution in [2.45, 2.75) is 0 Å². The van der Waals surface area contributed by atoms with Gasteiger partial charge in [-0.15, -0.1) is 0 Å². The molecule has 8 aromatic carbocycles. The lowest BCUT2D eigenvalue weighted by molar-refractivity contribution is 0.627. The summed E-state index contributed by atoms with van der Waals surface area (Å²) in [6.45, 7) is 0. The van der Waals surface area contributed by atoms with E-state index in [1.54, 1.807) is 24.3 Å². The van der Waals surface area contributed by atoms with Gasteiger partial charge in [-0.2, -0.15) is 0 Å². The minimum absolute atomic E-state index is 0.285. The minimum Gasteiger partial charge on any atom is -0.309 e. The lowest BCUT2D eigenvalue weighted by Gasteiger charge is -2.15. The summed E-state index contributed by atoms with van der Waals surface area (Å²) >= 11 is 0. The van der Waals surface area contributed by atoms with Gasteiger partial charge in [0, 0.05) is 32.9 Å². The molecule has 0 saturated carbocycles. The molecule has 0 saturated heterocycles. The highest BCUT2D eigenvalue weighted by Crippen LogP contribution is 2.40. The lowest BCUT2D eigenvalue weighted by atomic mass is 9.94. The number of hydrogen-bond acceptors (Lipinski definition) is 0. The maximum atomic E-state index is 14.0. The third kappa shape index (κ3) is 4.84. The van der Waals surface area contributed by atoms with Crippen LogP contribution in [0.5, 0.6) is 0 Å². The molecule has 2 heterocycles. The molecule has 0 atom stereocenters. The first-order valence-corrected chi connectivity index (χ1v) is 17.4. The number of para-hydroxylation sites is 3. The Balaban J connectivity index is 1.15. The number of rotatable bonds is 5. The van der Waals surface area contributed by atoms with Gasteiger partial charge in [-0.1, -0.05) is 97.1 Å². The van der Waals surface area contributed by atoms with Gasteiger partial charge in [-0.25, -0.2) is 8.78 Å². The molecule has 2 aromatic heterocycles. The van der Waals surface area contributed by atoms with Crippen LogP contribution in [0.25, 0.3) is 88.4 Å². The average molecular weight is 673 g/mol. The van der Waals surface area contributed by atoms with Gasteiger partial charge in [-0.3, -0.25) is 0 Å². The molecule has 0 amide bonds. The molecule has 0 aliphatic rings. The zero-order valence-electron chi connectivity index (χ0n) is 28.0. The van der Waals surface area contributed by atoms with Gasteiger partial charge in [0.15, 0.2) is 0 Å². The fraction of sp³-hybridized carbons (Fsp3) is 0. The number of halogens is 2. The smallest absolute Gasteiger partial charge is 0.123 e. The second-order valence-electron chi connectivity index (χ2n) is 13.2. The van der Waals surface area contributed by atoms with Crippen LogP contribution in [0.2, 0.25) is 0 Å². The molecule has 2 nitrogen and oxygen atoms in total. The van der Waals surface area contributed by atoms with E-state index in [0.717, 1.165) is 66.6 Å². The van der Waals surface area contributed by atoms with Crippen LogP contribution in [0.1, 0.15) is 0 Å². The highest BCUT2D eigenvalue weighted by Gasteiger charge is 2.18. The third-order valence-electron chi connectivity index (χ3n) is 10.3. The van der Waals surface area contributed by atoms with Crippen molar-refractivity contribution in [1.29, 1.82) is 0 Å². The fourth-order valence-corrected chi connectivity index (χ4v) is 7.86. The molecule has 0 bridgehead atoms. The first-order valence-electron chi connectivity index (χ1n) is 17.4. The largest absolute Gasteiger partial charge is 0.309 e. The van der Waals surface area contributed by atoms with Crippen molar-refractivity contribution in [1.82, 2.24) is 9.13 Å². The summed E-state index contributed by atoms with van der Waals surface area (Å²) in [6, 6.07) is 60.6. The molecule has 0 aliphatic heterocycles. The summed E-state index contributed by atoms with van der Waals surface area (Å²) in [6.07, 6.45) is 0. The van der Waals surface area contributed by atoms with Crippen LogP contribution in [0, 0.1) is 11.6 Å². The van der Waals surface area contributed by atoms with Gasteiger partial charge >= 0.3 is 0 Å². The van der Waals surface area contributed by atoms with Crippen LogP contribution >= 0.6 is 0 Å². The number of aromatic nitrogens is 2. The molecule has 246 valence electrons. The highest BCUT2D eigenvalue weighted by atomic mass is 19.1. The van der Waals surface area contributed by atoms with Gasteiger partial charge in [0.1, 0.15) is 11.6 Å². The Labute approximate surface area is 299 Å². The molecule has 0 N–H and O–H groups in total. The zero-order chi connectivity index (χ0) is 34.8. The molecule has 10 aromatic rings. The predicted octanol–water partition coefficient (Wildman–Crippen LogP) is 13.2. The molecular weight excluding hydrogens is 643 g/mol. The summed E-state index contributed by atoms with van der Waals surface area (Å²) in [5, 5.41) is 4.76. The Hall–Kier alpha value is -6.78. The number of benzene rings is 8. The van der Waals surface area contributed by atoms with Crippen LogP contribution in [-0.4, -0.2) is 9.13 Å².